The zero-order chi connectivity index (χ0) is 38.4. The van der Waals surface area contributed by atoms with Crippen LogP contribution in [-0.4, -0.2) is 114 Å². The third-order valence-electron chi connectivity index (χ3n) is 9.28. The van der Waals surface area contributed by atoms with Crippen molar-refractivity contribution in [1.29, 1.82) is 0 Å². The van der Waals surface area contributed by atoms with E-state index in [2.05, 4.69) is 23.6 Å². The molecule has 8 N–H and O–H groups in total. The summed E-state index contributed by atoms with van der Waals surface area (Å²) < 4.78 is 50.6. The third kappa shape index (κ3) is 47.3. The number of hydrogen-bond donors (Lipinski definition) is 4. The van der Waals surface area contributed by atoms with Crippen molar-refractivity contribution in [3.8, 4) is 0 Å². The first-order valence-corrected chi connectivity index (χ1v) is 24.8. The van der Waals surface area contributed by atoms with E-state index < -0.39 is 15.2 Å². The van der Waals surface area contributed by atoms with Crippen LogP contribution in [0, 0.1) is 0 Å². The summed E-state index contributed by atoms with van der Waals surface area (Å²) in [6.45, 7) is 13.6. The van der Waals surface area contributed by atoms with E-state index in [9.17, 15) is 9.13 Å². The minimum absolute atomic E-state index is 0. The molecule has 12 nitrogen and oxygen atoms in total. The predicted molar refractivity (Wildman–Crippen MR) is 265 cm³/mol. The lowest BCUT2D eigenvalue weighted by Gasteiger charge is -2.25. The SMILES string of the molecule is CCCCOP(=O)(CCN(CCCN)CCCN)OCCCCCCCCCCCCCCOP(=O)(CCN(CCCN)CCCN)OCCCC.Cl.Cl.Cl.Cl.Cl.Cl. The number of hydrogen-bond acceptors (Lipinski definition) is 12. The predicted octanol–water partition coefficient (Wildman–Crippen LogP) is 10.3. The molecule has 0 rings (SSSR count). The molecule has 0 amide bonds. The fraction of sp³-hybridized carbons (Fsp3) is 1.00. The molecule has 0 spiro atoms. The molecule has 362 valence electrons. The first-order valence-electron chi connectivity index (χ1n) is 21.3. The Hall–Kier alpha value is 1.80. The summed E-state index contributed by atoms with van der Waals surface area (Å²) in [5.41, 5.74) is 22.9. The Morgan fingerprint density at radius 2 is 0.569 bits per heavy atom. The van der Waals surface area contributed by atoms with E-state index in [0.717, 1.165) is 103 Å². The zero-order valence-corrected chi connectivity index (χ0v) is 43.1. The van der Waals surface area contributed by atoms with Gasteiger partial charge in [-0.05, 0) is 104 Å². The molecule has 0 bridgehead atoms. The Balaban J connectivity index is -0.000000867. The summed E-state index contributed by atoms with van der Waals surface area (Å²) in [7, 11) is -6.23. The van der Waals surface area contributed by atoms with Crippen molar-refractivity contribution >= 4 is 89.6 Å². The van der Waals surface area contributed by atoms with Gasteiger partial charge < -0.3 is 50.8 Å². The van der Waals surface area contributed by atoms with Crippen molar-refractivity contribution in [2.45, 2.75) is 142 Å². The van der Waals surface area contributed by atoms with Gasteiger partial charge in [0.05, 0.1) is 38.8 Å². The van der Waals surface area contributed by atoms with Crippen molar-refractivity contribution in [1.82, 2.24) is 9.80 Å². The summed E-state index contributed by atoms with van der Waals surface area (Å²) in [5, 5.41) is 0. The van der Waals surface area contributed by atoms with Crippen molar-refractivity contribution in [2.75, 3.05) is 104 Å². The van der Waals surface area contributed by atoms with Gasteiger partial charge in [0.25, 0.3) is 0 Å². The fourth-order valence-electron chi connectivity index (χ4n) is 5.87. The monoisotopic (exact) mass is 1000 g/mol. The summed E-state index contributed by atoms with van der Waals surface area (Å²) in [6.07, 6.45) is 22.2. The van der Waals surface area contributed by atoms with Crippen LogP contribution < -0.4 is 22.9 Å². The molecular weight excluding hydrogens is 911 g/mol. The highest BCUT2D eigenvalue weighted by atomic mass is 35.5. The summed E-state index contributed by atoms with van der Waals surface area (Å²) in [5.74, 6) is 0. The van der Waals surface area contributed by atoms with Crippen LogP contribution in [-0.2, 0) is 27.2 Å². The Bertz CT molecular complexity index is 796. The van der Waals surface area contributed by atoms with Crippen LogP contribution in [0.15, 0.2) is 0 Å². The molecule has 0 aromatic heterocycles. The Morgan fingerprint density at radius 3 is 0.793 bits per heavy atom. The Morgan fingerprint density at radius 1 is 0.345 bits per heavy atom. The van der Waals surface area contributed by atoms with Gasteiger partial charge in [-0.25, -0.2) is 0 Å². The van der Waals surface area contributed by atoms with E-state index in [0.29, 0.717) is 78.0 Å². The molecule has 0 heterocycles. The summed E-state index contributed by atoms with van der Waals surface area (Å²) in [6, 6.07) is 0. The lowest BCUT2D eigenvalue weighted by molar-refractivity contribution is 0.191. The molecule has 0 saturated carbocycles. The van der Waals surface area contributed by atoms with Crippen LogP contribution >= 0.6 is 89.6 Å². The standard InChI is InChI=1S/C38H86N6O6P2.6ClH/c1-3-5-33-47-51(45,37-31-43(27-19-23-39)28-20-24-40)49-35-17-15-13-11-9-7-8-10-12-14-16-18-36-50-52(46,48-34-6-4-2)38-32-44(29-21-25-41)30-22-26-42;;;;;;/h3-42H2,1-2H3;6*1H. The number of nitrogens with zero attached hydrogens (tertiary/aromatic N) is 2. The second-order valence-electron chi connectivity index (χ2n) is 14.2. The number of rotatable bonds is 43. The third-order valence-corrected chi connectivity index (χ3v) is 13.1. The van der Waals surface area contributed by atoms with Crippen molar-refractivity contribution in [3.63, 3.8) is 0 Å². The molecule has 0 saturated heterocycles. The van der Waals surface area contributed by atoms with Crippen LogP contribution in [0.3, 0.4) is 0 Å². The van der Waals surface area contributed by atoms with E-state index >= 15 is 0 Å². The van der Waals surface area contributed by atoms with Gasteiger partial charge in [-0.15, -0.1) is 74.4 Å². The molecule has 0 aliphatic carbocycles. The first kappa shape index (κ1) is 74.2. The quantitative estimate of drug-likeness (QED) is 0.0336. The van der Waals surface area contributed by atoms with E-state index in [-0.39, 0.29) is 74.4 Å². The van der Waals surface area contributed by atoms with Gasteiger partial charge in [-0.3, -0.25) is 9.13 Å². The molecular formula is C38H92Cl6N6O6P2. The molecule has 0 radical (unpaired) electrons. The minimum atomic E-state index is -3.12. The van der Waals surface area contributed by atoms with Gasteiger partial charge in [0.15, 0.2) is 0 Å². The van der Waals surface area contributed by atoms with Gasteiger partial charge in [0.2, 0.25) is 0 Å². The lowest BCUT2D eigenvalue weighted by Crippen LogP contribution is -2.31. The van der Waals surface area contributed by atoms with Gasteiger partial charge >= 0.3 is 15.2 Å². The molecule has 20 heteroatoms. The molecule has 2 unspecified atom stereocenters. The van der Waals surface area contributed by atoms with Crippen molar-refractivity contribution in [3.05, 3.63) is 0 Å². The number of unbranched alkanes of at least 4 members (excludes halogenated alkanes) is 13. The average Bonchev–Trinajstić information content (AvgIpc) is 3.14. The summed E-state index contributed by atoms with van der Waals surface area (Å²) >= 11 is 0. The highest BCUT2D eigenvalue weighted by molar-refractivity contribution is 7.54. The highest BCUT2D eigenvalue weighted by Crippen LogP contribution is 2.49. The normalized spacial score (nSPS) is 12.9. The maximum absolute atomic E-state index is 13.5. The molecule has 0 aliphatic rings. The average molecular weight is 1000 g/mol. The molecule has 2 atom stereocenters. The smallest absolute Gasteiger partial charge is 0.330 e. The highest BCUT2D eigenvalue weighted by Gasteiger charge is 2.26. The van der Waals surface area contributed by atoms with Gasteiger partial charge in [-0.2, -0.15) is 0 Å². The van der Waals surface area contributed by atoms with Gasteiger partial charge in [0, 0.05) is 13.1 Å². The van der Waals surface area contributed by atoms with Crippen molar-refractivity contribution < 1.29 is 27.2 Å². The zero-order valence-electron chi connectivity index (χ0n) is 36.5. The lowest BCUT2D eigenvalue weighted by atomic mass is 10.1. The van der Waals surface area contributed by atoms with Crippen LogP contribution in [0.2, 0.25) is 0 Å². The van der Waals surface area contributed by atoms with E-state index in [4.69, 9.17) is 41.0 Å². The molecule has 58 heavy (non-hydrogen) atoms. The largest absolute Gasteiger partial charge is 0.331 e. The molecule has 0 fully saturated rings. The second kappa shape index (κ2) is 54.9. The molecule has 0 aliphatic heterocycles. The van der Waals surface area contributed by atoms with E-state index in [1.165, 1.54) is 51.4 Å². The van der Waals surface area contributed by atoms with Gasteiger partial charge in [0.1, 0.15) is 0 Å². The van der Waals surface area contributed by atoms with Crippen LogP contribution in [0.1, 0.15) is 142 Å². The maximum Gasteiger partial charge on any atom is 0.331 e. The van der Waals surface area contributed by atoms with E-state index in [1.807, 2.05) is 0 Å². The Labute approximate surface area is 393 Å². The van der Waals surface area contributed by atoms with Crippen molar-refractivity contribution in [2.24, 2.45) is 22.9 Å². The Kier molecular flexibility index (Phi) is 70.2. The topological polar surface area (TPSA) is 182 Å². The minimum Gasteiger partial charge on any atom is -0.330 e. The van der Waals surface area contributed by atoms with E-state index in [1.54, 1.807) is 0 Å². The number of halogens is 6. The first-order chi connectivity index (χ1) is 25.3. The van der Waals surface area contributed by atoms with Crippen LogP contribution in [0.25, 0.3) is 0 Å². The summed E-state index contributed by atoms with van der Waals surface area (Å²) in [4.78, 5) is 4.57. The van der Waals surface area contributed by atoms with Crippen LogP contribution in [0.5, 0.6) is 0 Å². The van der Waals surface area contributed by atoms with Crippen LogP contribution in [0.4, 0.5) is 0 Å². The maximum atomic E-state index is 13.5. The molecule has 0 aromatic carbocycles. The second-order valence-corrected chi connectivity index (χ2v) is 18.6. The number of nitrogens with two attached hydrogens (primary N) is 4. The molecule has 0 aromatic rings. The fourth-order valence-corrected chi connectivity index (χ4v) is 9.22. The van der Waals surface area contributed by atoms with Gasteiger partial charge in [-0.1, -0.05) is 90.9 Å².